The third-order valence-corrected chi connectivity index (χ3v) is 12.3. The van der Waals surface area contributed by atoms with E-state index in [-0.39, 0.29) is 0 Å². The summed E-state index contributed by atoms with van der Waals surface area (Å²) in [5, 5.41) is 0. The van der Waals surface area contributed by atoms with Gasteiger partial charge in [-0.1, -0.05) is 39.5 Å². The van der Waals surface area contributed by atoms with Crippen LogP contribution in [0, 0.1) is 0 Å². The molecule has 0 radical (unpaired) electrons. The van der Waals surface area contributed by atoms with Crippen molar-refractivity contribution in [1.29, 1.82) is 0 Å². The monoisotopic (exact) mass is 392 g/mol. The van der Waals surface area contributed by atoms with Gasteiger partial charge in [-0.2, -0.15) is 0 Å². The second-order valence-corrected chi connectivity index (χ2v) is 13.4. The Balaban J connectivity index is 4.93. The van der Waals surface area contributed by atoms with Crippen molar-refractivity contribution in [3.63, 3.8) is 0 Å². The maximum Gasteiger partial charge on any atom is 0.338 e. The fourth-order valence-electron chi connectivity index (χ4n) is 3.48. The zero-order chi connectivity index (χ0) is 19.0. The van der Waals surface area contributed by atoms with Crippen LogP contribution in [0.4, 0.5) is 0 Å². The maximum atomic E-state index is 6.24. The van der Waals surface area contributed by atoms with Crippen LogP contribution in [0.15, 0.2) is 0 Å². The highest BCUT2D eigenvalue weighted by atomic mass is 28.4. The highest BCUT2D eigenvalue weighted by molar-refractivity contribution is 6.69. The lowest BCUT2D eigenvalue weighted by Crippen LogP contribution is -2.45. The summed E-state index contributed by atoms with van der Waals surface area (Å²) < 4.78 is 25.0. The minimum Gasteiger partial charge on any atom is -0.394 e. The molecule has 0 aromatic carbocycles. The molecular weight excluding hydrogens is 348 g/mol. The molecule has 0 aromatic heterocycles. The standard InChI is InChI=1S/C19H44O4Si2/c1-7-13-16-24(20-9-3,21-10-4)18-15-19-25(22-11-5,23-12-6)17-14-8-2/h7-19H2,1-6H3. The Morgan fingerprint density at radius 3 is 0.960 bits per heavy atom. The fourth-order valence-corrected chi connectivity index (χ4v) is 11.0. The summed E-state index contributed by atoms with van der Waals surface area (Å²) in [6, 6.07) is 4.35. The maximum absolute atomic E-state index is 6.24. The van der Waals surface area contributed by atoms with Gasteiger partial charge in [0.1, 0.15) is 0 Å². The first kappa shape index (κ1) is 25.3. The Labute approximate surface area is 159 Å². The van der Waals surface area contributed by atoms with E-state index in [0.717, 1.165) is 57.0 Å². The molecule has 0 amide bonds. The van der Waals surface area contributed by atoms with Gasteiger partial charge in [0.05, 0.1) is 0 Å². The second kappa shape index (κ2) is 15.3. The number of rotatable bonds is 18. The average Bonchev–Trinajstić information content (AvgIpc) is 2.59. The van der Waals surface area contributed by atoms with Gasteiger partial charge in [-0.25, -0.2) is 0 Å². The van der Waals surface area contributed by atoms with E-state index < -0.39 is 17.1 Å². The minimum absolute atomic E-state index is 0.755. The zero-order valence-corrected chi connectivity index (χ0v) is 19.8. The molecule has 4 nitrogen and oxygen atoms in total. The van der Waals surface area contributed by atoms with E-state index in [0.29, 0.717) is 0 Å². The topological polar surface area (TPSA) is 36.9 Å². The smallest absolute Gasteiger partial charge is 0.338 e. The summed E-state index contributed by atoms with van der Waals surface area (Å²) in [7, 11) is -4.16. The molecule has 152 valence electrons. The van der Waals surface area contributed by atoms with Crippen LogP contribution in [-0.4, -0.2) is 43.5 Å². The van der Waals surface area contributed by atoms with Gasteiger partial charge in [0.15, 0.2) is 0 Å². The average molecular weight is 393 g/mol. The molecule has 0 spiro atoms. The first-order valence-electron chi connectivity index (χ1n) is 10.6. The van der Waals surface area contributed by atoms with E-state index in [1.807, 2.05) is 0 Å². The van der Waals surface area contributed by atoms with E-state index in [9.17, 15) is 0 Å². The largest absolute Gasteiger partial charge is 0.394 e. The lowest BCUT2D eigenvalue weighted by molar-refractivity contribution is 0.175. The van der Waals surface area contributed by atoms with Gasteiger partial charge < -0.3 is 17.7 Å². The van der Waals surface area contributed by atoms with Crippen molar-refractivity contribution in [2.75, 3.05) is 26.4 Å². The van der Waals surface area contributed by atoms with E-state index >= 15 is 0 Å². The number of hydrogen-bond acceptors (Lipinski definition) is 4. The van der Waals surface area contributed by atoms with Gasteiger partial charge in [0.2, 0.25) is 0 Å². The van der Waals surface area contributed by atoms with Gasteiger partial charge >= 0.3 is 17.1 Å². The van der Waals surface area contributed by atoms with Crippen molar-refractivity contribution >= 4 is 17.1 Å². The molecule has 0 aromatic rings. The van der Waals surface area contributed by atoms with E-state index in [1.165, 1.54) is 25.7 Å². The van der Waals surface area contributed by atoms with Gasteiger partial charge in [0.25, 0.3) is 0 Å². The van der Waals surface area contributed by atoms with Crippen molar-refractivity contribution in [2.24, 2.45) is 0 Å². The molecule has 0 aliphatic carbocycles. The molecule has 0 aliphatic heterocycles. The van der Waals surface area contributed by atoms with E-state index in [1.54, 1.807) is 0 Å². The molecule has 0 heterocycles. The van der Waals surface area contributed by atoms with Gasteiger partial charge in [-0.15, -0.1) is 0 Å². The predicted molar refractivity (Wildman–Crippen MR) is 112 cm³/mol. The van der Waals surface area contributed by atoms with E-state index in [2.05, 4.69) is 41.5 Å². The molecule has 0 N–H and O–H groups in total. The molecule has 0 atom stereocenters. The quantitative estimate of drug-likeness (QED) is 0.268. The molecule has 0 aliphatic rings. The second-order valence-electron chi connectivity index (χ2n) is 6.61. The zero-order valence-electron chi connectivity index (χ0n) is 17.8. The first-order chi connectivity index (χ1) is 12.1. The third-order valence-electron chi connectivity index (χ3n) is 4.57. The fraction of sp³-hybridized carbons (Fsp3) is 1.00. The van der Waals surface area contributed by atoms with Crippen LogP contribution in [0.1, 0.15) is 73.6 Å². The Hall–Kier alpha value is 0.274. The molecule has 25 heavy (non-hydrogen) atoms. The minimum atomic E-state index is -2.08. The van der Waals surface area contributed by atoms with Gasteiger partial charge in [0, 0.05) is 26.4 Å². The lowest BCUT2D eigenvalue weighted by Gasteiger charge is -2.33. The van der Waals surface area contributed by atoms with Crippen LogP contribution in [0.5, 0.6) is 0 Å². The Morgan fingerprint density at radius 2 is 0.720 bits per heavy atom. The van der Waals surface area contributed by atoms with Gasteiger partial charge in [-0.3, -0.25) is 0 Å². The first-order valence-corrected chi connectivity index (χ1v) is 15.1. The number of unbranched alkanes of at least 4 members (excludes halogenated alkanes) is 2. The Morgan fingerprint density at radius 1 is 0.440 bits per heavy atom. The normalized spacial score (nSPS) is 12.7. The van der Waals surface area contributed by atoms with Crippen LogP contribution in [0.2, 0.25) is 24.2 Å². The van der Waals surface area contributed by atoms with E-state index in [4.69, 9.17) is 17.7 Å². The van der Waals surface area contributed by atoms with Crippen LogP contribution in [-0.2, 0) is 17.7 Å². The van der Waals surface area contributed by atoms with Crippen molar-refractivity contribution < 1.29 is 17.7 Å². The van der Waals surface area contributed by atoms with Crippen LogP contribution >= 0.6 is 0 Å². The molecule has 0 unspecified atom stereocenters. The van der Waals surface area contributed by atoms with Crippen LogP contribution < -0.4 is 0 Å². The summed E-state index contributed by atoms with van der Waals surface area (Å²) >= 11 is 0. The van der Waals surface area contributed by atoms with Crippen LogP contribution in [0.3, 0.4) is 0 Å². The van der Waals surface area contributed by atoms with Crippen molar-refractivity contribution in [3.8, 4) is 0 Å². The molecule has 6 heteroatoms. The van der Waals surface area contributed by atoms with Crippen molar-refractivity contribution in [1.82, 2.24) is 0 Å². The molecule has 0 rings (SSSR count). The van der Waals surface area contributed by atoms with Crippen molar-refractivity contribution in [3.05, 3.63) is 0 Å². The Kier molecular flexibility index (Phi) is 15.5. The van der Waals surface area contributed by atoms with Crippen molar-refractivity contribution in [2.45, 2.75) is 97.8 Å². The SMILES string of the molecule is CCCC[Si](CCC[Si](CCCC)(OCC)OCC)(OCC)OCC. The molecule has 0 fully saturated rings. The lowest BCUT2D eigenvalue weighted by atomic mass is 10.4. The molecule has 0 bridgehead atoms. The van der Waals surface area contributed by atoms with Crippen LogP contribution in [0.25, 0.3) is 0 Å². The molecule has 0 saturated heterocycles. The summed E-state index contributed by atoms with van der Waals surface area (Å²) in [4.78, 5) is 0. The Bertz CT molecular complexity index is 263. The molecular formula is C19H44O4Si2. The van der Waals surface area contributed by atoms with Gasteiger partial charge in [-0.05, 0) is 58.3 Å². The molecule has 0 saturated carbocycles. The summed E-state index contributed by atoms with van der Waals surface area (Å²) in [5.74, 6) is 0. The highest BCUT2D eigenvalue weighted by Crippen LogP contribution is 2.30. The highest BCUT2D eigenvalue weighted by Gasteiger charge is 2.40. The summed E-state index contributed by atoms with van der Waals surface area (Å²) in [5.41, 5.74) is 0. The third kappa shape index (κ3) is 10.3. The summed E-state index contributed by atoms with van der Waals surface area (Å²) in [6.45, 7) is 15.9. The summed E-state index contributed by atoms with van der Waals surface area (Å²) in [6.07, 6.45) is 5.89. The number of hydrogen-bond donors (Lipinski definition) is 0. The predicted octanol–water partition coefficient (Wildman–Crippen LogP) is 6.01.